The molecule has 1 unspecified atom stereocenters. The van der Waals surface area contributed by atoms with Gasteiger partial charge in [-0.15, -0.1) is 0 Å². The molecule has 1 aromatic carbocycles. The van der Waals surface area contributed by atoms with Gasteiger partial charge in [-0.3, -0.25) is 15.4 Å². The lowest BCUT2D eigenvalue weighted by atomic mass is 10.2. The standard InChI is InChI=1S/C19H27N3O6/c1-11(2)20-17(25)22-15(23)12(3)27-16(24)13-8-7-9-14(10-13)21-18(26)28-19(4,5)6/h7-12H,1-6H3,(H,21,26)(H2,20,22,23,25). The van der Waals surface area contributed by atoms with Crippen molar-refractivity contribution in [2.75, 3.05) is 5.32 Å². The molecular formula is C19H27N3O6. The van der Waals surface area contributed by atoms with E-state index in [-0.39, 0.29) is 11.6 Å². The van der Waals surface area contributed by atoms with Crippen molar-refractivity contribution >= 4 is 29.7 Å². The minimum absolute atomic E-state index is 0.125. The van der Waals surface area contributed by atoms with E-state index in [9.17, 15) is 19.2 Å². The van der Waals surface area contributed by atoms with Crippen molar-refractivity contribution in [1.29, 1.82) is 0 Å². The Kier molecular flexibility index (Phi) is 7.97. The molecule has 0 aliphatic heterocycles. The Balaban J connectivity index is 2.68. The summed E-state index contributed by atoms with van der Waals surface area (Å²) in [5.74, 6) is -1.53. The Bertz CT molecular complexity index is 739. The van der Waals surface area contributed by atoms with Gasteiger partial charge in [0.15, 0.2) is 6.10 Å². The van der Waals surface area contributed by atoms with Crippen LogP contribution in [0.2, 0.25) is 0 Å². The maximum Gasteiger partial charge on any atom is 0.412 e. The Labute approximate surface area is 164 Å². The molecule has 154 valence electrons. The fourth-order valence-electron chi connectivity index (χ4n) is 1.94. The third-order valence-corrected chi connectivity index (χ3v) is 3.05. The molecule has 0 bridgehead atoms. The van der Waals surface area contributed by atoms with Crippen LogP contribution < -0.4 is 16.0 Å². The van der Waals surface area contributed by atoms with Crippen LogP contribution in [0.3, 0.4) is 0 Å². The largest absolute Gasteiger partial charge is 0.449 e. The first-order chi connectivity index (χ1) is 12.9. The summed E-state index contributed by atoms with van der Waals surface area (Å²) >= 11 is 0. The molecule has 0 radical (unpaired) electrons. The Hall–Kier alpha value is -3.10. The average molecular weight is 393 g/mol. The van der Waals surface area contributed by atoms with E-state index in [1.54, 1.807) is 46.8 Å². The van der Waals surface area contributed by atoms with Gasteiger partial charge in [0.2, 0.25) is 0 Å². The van der Waals surface area contributed by atoms with Crippen molar-refractivity contribution in [1.82, 2.24) is 10.6 Å². The molecule has 0 aromatic heterocycles. The van der Waals surface area contributed by atoms with E-state index in [2.05, 4.69) is 16.0 Å². The van der Waals surface area contributed by atoms with Crippen molar-refractivity contribution in [2.24, 2.45) is 0 Å². The molecule has 1 rings (SSSR count). The maximum absolute atomic E-state index is 12.2. The zero-order valence-corrected chi connectivity index (χ0v) is 16.9. The quantitative estimate of drug-likeness (QED) is 0.661. The number of ether oxygens (including phenoxy) is 2. The molecule has 0 saturated carbocycles. The molecule has 0 saturated heterocycles. The Morgan fingerprint density at radius 2 is 1.68 bits per heavy atom. The summed E-state index contributed by atoms with van der Waals surface area (Å²) in [4.78, 5) is 47.5. The van der Waals surface area contributed by atoms with Crippen molar-refractivity contribution in [3.05, 3.63) is 29.8 Å². The minimum atomic E-state index is -1.19. The van der Waals surface area contributed by atoms with Gasteiger partial charge in [-0.2, -0.15) is 0 Å². The second-order valence-corrected chi connectivity index (χ2v) is 7.37. The van der Waals surface area contributed by atoms with Crippen LogP contribution in [0.15, 0.2) is 24.3 Å². The number of urea groups is 1. The van der Waals surface area contributed by atoms with Gasteiger partial charge in [0.1, 0.15) is 5.60 Å². The average Bonchev–Trinajstić information content (AvgIpc) is 2.52. The number of anilines is 1. The van der Waals surface area contributed by atoms with Gasteiger partial charge in [0.25, 0.3) is 5.91 Å². The normalized spacial score (nSPS) is 12.0. The fourth-order valence-corrected chi connectivity index (χ4v) is 1.94. The zero-order valence-electron chi connectivity index (χ0n) is 16.9. The number of hydrogen-bond donors (Lipinski definition) is 3. The number of carbonyl (C=O) groups is 4. The molecular weight excluding hydrogens is 366 g/mol. The zero-order chi connectivity index (χ0) is 21.5. The summed E-state index contributed by atoms with van der Waals surface area (Å²) in [5.41, 5.74) is -0.206. The second-order valence-electron chi connectivity index (χ2n) is 7.37. The van der Waals surface area contributed by atoms with Crippen molar-refractivity contribution in [2.45, 2.75) is 59.3 Å². The summed E-state index contributed by atoms with van der Waals surface area (Å²) in [6.45, 7) is 10.0. The number of amides is 4. The smallest absolute Gasteiger partial charge is 0.412 e. The van der Waals surface area contributed by atoms with Crippen molar-refractivity contribution in [3.8, 4) is 0 Å². The summed E-state index contributed by atoms with van der Waals surface area (Å²) in [6, 6.07) is 5.16. The van der Waals surface area contributed by atoms with Gasteiger partial charge < -0.3 is 14.8 Å². The summed E-state index contributed by atoms with van der Waals surface area (Å²) in [6.07, 6.45) is -1.85. The number of carbonyl (C=O) groups excluding carboxylic acids is 4. The summed E-state index contributed by atoms with van der Waals surface area (Å²) in [7, 11) is 0. The van der Waals surface area contributed by atoms with E-state index in [4.69, 9.17) is 9.47 Å². The number of benzene rings is 1. The Morgan fingerprint density at radius 1 is 1.04 bits per heavy atom. The molecule has 4 amide bonds. The molecule has 9 heteroatoms. The van der Waals surface area contributed by atoms with E-state index in [0.717, 1.165) is 0 Å². The fraction of sp³-hybridized carbons (Fsp3) is 0.474. The van der Waals surface area contributed by atoms with Crippen LogP contribution in [0.4, 0.5) is 15.3 Å². The van der Waals surface area contributed by atoms with Gasteiger partial charge in [0.05, 0.1) is 5.56 Å². The van der Waals surface area contributed by atoms with Crippen LogP contribution in [0.5, 0.6) is 0 Å². The van der Waals surface area contributed by atoms with Crippen LogP contribution >= 0.6 is 0 Å². The van der Waals surface area contributed by atoms with Gasteiger partial charge >= 0.3 is 18.1 Å². The minimum Gasteiger partial charge on any atom is -0.449 e. The highest BCUT2D eigenvalue weighted by Gasteiger charge is 2.22. The molecule has 0 aliphatic carbocycles. The number of imide groups is 1. The topological polar surface area (TPSA) is 123 Å². The predicted octanol–water partition coefficient (Wildman–Crippen LogP) is 2.81. The number of esters is 1. The molecule has 0 spiro atoms. The van der Waals surface area contributed by atoms with E-state index in [1.165, 1.54) is 19.1 Å². The van der Waals surface area contributed by atoms with Gasteiger partial charge in [-0.1, -0.05) is 6.07 Å². The predicted molar refractivity (Wildman–Crippen MR) is 103 cm³/mol. The maximum atomic E-state index is 12.2. The first kappa shape index (κ1) is 22.9. The highest BCUT2D eigenvalue weighted by Crippen LogP contribution is 2.15. The molecule has 3 N–H and O–H groups in total. The summed E-state index contributed by atoms with van der Waals surface area (Å²) in [5, 5.41) is 7.09. The van der Waals surface area contributed by atoms with E-state index in [1.807, 2.05) is 0 Å². The van der Waals surface area contributed by atoms with Gasteiger partial charge in [0, 0.05) is 11.7 Å². The van der Waals surface area contributed by atoms with E-state index < -0.39 is 35.7 Å². The number of rotatable bonds is 5. The number of nitrogens with one attached hydrogen (secondary N) is 3. The molecule has 1 aromatic rings. The highest BCUT2D eigenvalue weighted by atomic mass is 16.6. The SMILES string of the molecule is CC(C)NC(=O)NC(=O)C(C)OC(=O)c1cccc(NC(=O)OC(C)(C)C)c1. The van der Waals surface area contributed by atoms with Crippen LogP contribution in [-0.4, -0.2) is 41.7 Å². The summed E-state index contributed by atoms with van der Waals surface area (Å²) < 4.78 is 10.2. The second kappa shape index (κ2) is 9.72. The van der Waals surface area contributed by atoms with Crippen LogP contribution in [0.25, 0.3) is 0 Å². The van der Waals surface area contributed by atoms with Crippen molar-refractivity contribution in [3.63, 3.8) is 0 Å². The third-order valence-electron chi connectivity index (χ3n) is 3.05. The molecule has 0 fully saturated rings. The molecule has 0 aliphatic rings. The first-order valence-electron chi connectivity index (χ1n) is 8.80. The molecule has 0 heterocycles. The van der Waals surface area contributed by atoms with E-state index in [0.29, 0.717) is 5.69 Å². The third kappa shape index (κ3) is 8.52. The molecule has 1 atom stereocenters. The molecule has 28 heavy (non-hydrogen) atoms. The first-order valence-corrected chi connectivity index (χ1v) is 8.80. The van der Waals surface area contributed by atoms with Gasteiger partial charge in [-0.05, 0) is 59.7 Å². The Morgan fingerprint density at radius 3 is 2.25 bits per heavy atom. The van der Waals surface area contributed by atoms with Crippen LogP contribution in [-0.2, 0) is 14.3 Å². The lowest BCUT2D eigenvalue weighted by molar-refractivity contribution is -0.127. The van der Waals surface area contributed by atoms with E-state index >= 15 is 0 Å². The molecule has 9 nitrogen and oxygen atoms in total. The van der Waals surface area contributed by atoms with Crippen LogP contribution in [0.1, 0.15) is 51.9 Å². The number of hydrogen-bond acceptors (Lipinski definition) is 6. The lowest BCUT2D eigenvalue weighted by Crippen LogP contribution is -2.46. The highest BCUT2D eigenvalue weighted by molar-refractivity contribution is 5.99. The van der Waals surface area contributed by atoms with Gasteiger partial charge in [-0.25, -0.2) is 14.4 Å². The van der Waals surface area contributed by atoms with Crippen molar-refractivity contribution < 1.29 is 28.7 Å². The lowest BCUT2D eigenvalue weighted by Gasteiger charge is -2.19. The van der Waals surface area contributed by atoms with Crippen LogP contribution in [0, 0.1) is 0 Å². The monoisotopic (exact) mass is 393 g/mol.